The number of benzene rings is 2. The van der Waals surface area contributed by atoms with Gasteiger partial charge in [-0.15, -0.1) is 0 Å². The van der Waals surface area contributed by atoms with Gasteiger partial charge in [0.1, 0.15) is 11.4 Å². The predicted octanol–water partition coefficient (Wildman–Crippen LogP) is 6.16. The van der Waals surface area contributed by atoms with E-state index in [2.05, 4.69) is 61.7 Å². The van der Waals surface area contributed by atoms with E-state index in [0.717, 1.165) is 52.3 Å². The van der Waals surface area contributed by atoms with Crippen LogP contribution >= 0.6 is 0 Å². The van der Waals surface area contributed by atoms with Crippen LogP contribution < -0.4 is 5.32 Å². The van der Waals surface area contributed by atoms with Gasteiger partial charge in [-0.25, -0.2) is 14.8 Å². The fourth-order valence-electron chi connectivity index (χ4n) is 4.63. The summed E-state index contributed by atoms with van der Waals surface area (Å²) in [7, 11) is 0. The van der Waals surface area contributed by atoms with Crippen LogP contribution in [0.15, 0.2) is 60.9 Å². The van der Waals surface area contributed by atoms with E-state index in [0.29, 0.717) is 12.5 Å². The molecule has 1 fully saturated rings. The van der Waals surface area contributed by atoms with Crippen LogP contribution in [0.4, 0.5) is 10.7 Å². The molecule has 1 saturated heterocycles. The first-order chi connectivity index (χ1) is 18.2. The highest BCUT2D eigenvalue weighted by atomic mass is 16.6. The van der Waals surface area contributed by atoms with Gasteiger partial charge >= 0.3 is 6.09 Å². The molecule has 0 unspecified atom stereocenters. The van der Waals surface area contributed by atoms with Gasteiger partial charge in [0, 0.05) is 13.5 Å². The lowest BCUT2D eigenvalue weighted by molar-refractivity contribution is -0.114. The second-order valence-corrected chi connectivity index (χ2v) is 10.5. The molecular formula is C29H32N6O3. The number of hydrogen-bond acceptors (Lipinski definition) is 5. The minimum atomic E-state index is -0.531. The quantitative estimate of drug-likeness (QED) is 0.296. The SMILES string of the molecule is CC(=O)Nc1ncc(-c2ccc(-c3ccc(-c4cnc([C@@H]5CCCN5C(=O)OC(C)(C)C)[nH]4)cc3)cc2)[nH]1. The summed E-state index contributed by atoms with van der Waals surface area (Å²) in [4.78, 5) is 41.0. The highest BCUT2D eigenvalue weighted by Crippen LogP contribution is 2.33. The molecule has 0 bridgehead atoms. The number of hydrogen-bond donors (Lipinski definition) is 3. The summed E-state index contributed by atoms with van der Waals surface area (Å²) in [6, 6.07) is 16.3. The Morgan fingerprint density at radius 1 is 0.895 bits per heavy atom. The lowest BCUT2D eigenvalue weighted by Crippen LogP contribution is -2.36. The lowest BCUT2D eigenvalue weighted by Gasteiger charge is -2.27. The number of likely N-dealkylation sites (tertiary alicyclic amines) is 1. The number of rotatable bonds is 5. The maximum atomic E-state index is 12.7. The van der Waals surface area contributed by atoms with Crippen LogP contribution in [0.3, 0.4) is 0 Å². The number of carbonyl (C=O) groups excluding carboxylic acids is 2. The first-order valence-electron chi connectivity index (χ1n) is 12.7. The number of aromatic nitrogens is 4. The maximum absolute atomic E-state index is 12.7. The van der Waals surface area contributed by atoms with Crippen molar-refractivity contribution in [1.82, 2.24) is 24.8 Å². The van der Waals surface area contributed by atoms with Crippen molar-refractivity contribution in [1.29, 1.82) is 0 Å². The Morgan fingerprint density at radius 3 is 2.03 bits per heavy atom. The summed E-state index contributed by atoms with van der Waals surface area (Å²) in [5, 5.41) is 2.65. The standard InChI is InChI=1S/C29H32N6O3/c1-18(36)32-27-31-17-24(34-27)22-13-9-20(10-14-22)19-7-11-21(12-8-19)23-16-30-26(33-23)25-6-5-15-35(25)28(37)38-29(2,3)4/h7-14,16-17,25H,5-6,15H2,1-4H3,(H,30,33)(H2,31,32,34,36)/t25-/m0/s1. The monoisotopic (exact) mass is 512 g/mol. The van der Waals surface area contributed by atoms with E-state index in [1.807, 2.05) is 39.1 Å². The maximum Gasteiger partial charge on any atom is 0.410 e. The first kappa shape index (κ1) is 25.3. The van der Waals surface area contributed by atoms with Crippen LogP contribution in [0.2, 0.25) is 0 Å². The normalized spacial score (nSPS) is 15.5. The molecule has 1 aliphatic heterocycles. The minimum Gasteiger partial charge on any atom is -0.444 e. The summed E-state index contributed by atoms with van der Waals surface area (Å²) < 4.78 is 5.59. The number of amides is 2. The number of nitrogens with one attached hydrogen (secondary N) is 3. The molecule has 9 nitrogen and oxygen atoms in total. The molecule has 3 N–H and O–H groups in total. The number of nitrogens with zero attached hydrogens (tertiary/aromatic N) is 3. The van der Waals surface area contributed by atoms with Crippen molar-refractivity contribution in [2.24, 2.45) is 0 Å². The van der Waals surface area contributed by atoms with Crippen molar-refractivity contribution >= 4 is 17.9 Å². The smallest absolute Gasteiger partial charge is 0.410 e. The van der Waals surface area contributed by atoms with Gasteiger partial charge in [0.05, 0.1) is 29.8 Å². The molecule has 1 atom stereocenters. The van der Waals surface area contributed by atoms with Crippen LogP contribution in [0.1, 0.15) is 52.4 Å². The second kappa shape index (κ2) is 10.2. The molecule has 4 aromatic rings. The van der Waals surface area contributed by atoms with E-state index in [9.17, 15) is 9.59 Å². The van der Waals surface area contributed by atoms with Crippen molar-refractivity contribution in [3.8, 4) is 33.6 Å². The molecule has 3 heterocycles. The molecule has 196 valence electrons. The van der Waals surface area contributed by atoms with Gasteiger partial charge in [-0.1, -0.05) is 48.5 Å². The summed E-state index contributed by atoms with van der Waals surface area (Å²) in [5.41, 5.74) is 5.39. The molecule has 1 aliphatic rings. The number of aromatic amines is 2. The fourth-order valence-corrected chi connectivity index (χ4v) is 4.63. The van der Waals surface area contributed by atoms with Gasteiger partial charge in [-0.3, -0.25) is 15.0 Å². The summed E-state index contributed by atoms with van der Waals surface area (Å²) in [6.07, 6.45) is 5.00. The molecule has 38 heavy (non-hydrogen) atoms. The van der Waals surface area contributed by atoms with Crippen molar-refractivity contribution in [2.45, 2.75) is 52.2 Å². The fraction of sp³-hybridized carbons (Fsp3) is 0.310. The third-order valence-electron chi connectivity index (χ3n) is 6.39. The van der Waals surface area contributed by atoms with Gasteiger partial charge in [0.2, 0.25) is 11.9 Å². The Bertz CT molecular complexity index is 1430. The molecule has 0 radical (unpaired) electrons. The zero-order valence-corrected chi connectivity index (χ0v) is 22.0. The van der Waals surface area contributed by atoms with E-state index < -0.39 is 5.60 Å². The number of anilines is 1. The largest absolute Gasteiger partial charge is 0.444 e. The third kappa shape index (κ3) is 5.61. The molecule has 2 amide bonds. The summed E-state index contributed by atoms with van der Waals surface area (Å²) >= 11 is 0. The van der Waals surface area contributed by atoms with Crippen LogP contribution in [-0.4, -0.2) is 49.0 Å². The molecule has 0 saturated carbocycles. The number of carbonyl (C=O) groups is 2. The summed E-state index contributed by atoms with van der Waals surface area (Å²) in [6.45, 7) is 7.75. The highest BCUT2D eigenvalue weighted by molar-refractivity contribution is 5.87. The van der Waals surface area contributed by atoms with E-state index in [1.54, 1.807) is 11.1 Å². The Morgan fingerprint density at radius 2 is 1.45 bits per heavy atom. The molecule has 2 aromatic heterocycles. The lowest BCUT2D eigenvalue weighted by atomic mass is 10.0. The van der Waals surface area contributed by atoms with E-state index in [-0.39, 0.29) is 18.0 Å². The molecule has 2 aromatic carbocycles. The van der Waals surface area contributed by atoms with E-state index in [1.165, 1.54) is 6.92 Å². The van der Waals surface area contributed by atoms with E-state index in [4.69, 9.17) is 4.74 Å². The van der Waals surface area contributed by atoms with Crippen molar-refractivity contribution in [2.75, 3.05) is 11.9 Å². The Balaban J connectivity index is 1.27. The zero-order valence-electron chi connectivity index (χ0n) is 22.0. The van der Waals surface area contributed by atoms with Gasteiger partial charge in [-0.05, 0) is 55.9 Å². The van der Waals surface area contributed by atoms with Crippen LogP contribution in [0, 0.1) is 0 Å². The number of imidazole rings is 2. The average Bonchev–Trinajstić information content (AvgIpc) is 3.63. The third-order valence-corrected chi connectivity index (χ3v) is 6.39. The molecule has 0 spiro atoms. The zero-order chi connectivity index (χ0) is 26.9. The molecule has 5 rings (SSSR count). The first-order valence-corrected chi connectivity index (χ1v) is 12.7. The van der Waals surface area contributed by atoms with Gasteiger partial charge < -0.3 is 14.7 Å². The molecular weight excluding hydrogens is 480 g/mol. The Labute approximate surface area is 221 Å². The minimum absolute atomic E-state index is 0.111. The average molecular weight is 513 g/mol. The van der Waals surface area contributed by atoms with Crippen LogP contribution in [0.25, 0.3) is 33.6 Å². The highest BCUT2D eigenvalue weighted by Gasteiger charge is 2.34. The number of H-pyrrole nitrogens is 2. The van der Waals surface area contributed by atoms with Crippen molar-refractivity contribution in [3.05, 3.63) is 66.7 Å². The van der Waals surface area contributed by atoms with Crippen LogP contribution in [-0.2, 0) is 9.53 Å². The number of ether oxygens (including phenoxy) is 1. The Kier molecular flexibility index (Phi) is 6.75. The van der Waals surface area contributed by atoms with Crippen LogP contribution in [0.5, 0.6) is 0 Å². The van der Waals surface area contributed by atoms with Gasteiger partial charge in [0.15, 0.2) is 0 Å². The molecule has 0 aliphatic carbocycles. The van der Waals surface area contributed by atoms with Gasteiger partial charge in [0.25, 0.3) is 0 Å². The van der Waals surface area contributed by atoms with Crippen molar-refractivity contribution < 1.29 is 14.3 Å². The topological polar surface area (TPSA) is 116 Å². The summed E-state index contributed by atoms with van der Waals surface area (Å²) in [5.74, 6) is 1.04. The van der Waals surface area contributed by atoms with E-state index >= 15 is 0 Å². The van der Waals surface area contributed by atoms with Crippen molar-refractivity contribution in [3.63, 3.8) is 0 Å². The molecule has 9 heteroatoms. The van der Waals surface area contributed by atoms with Gasteiger partial charge in [-0.2, -0.15) is 0 Å². The predicted molar refractivity (Wildman–Crippen MR) is 146 cm³/mol. The Hall–Kier alpha value is -4.40. The second-order valence-electron chi connectivity index (χ2n) is 10.5.